The minimum absolute atomic E-state index is 0.126. The molecule has 0 aromatic heterocycles. The third kappa shape index (κ3) is 7.16. The first-order valence-corrected chi connectivity index (χ1v) is 10.9. The average molecular weight is 503 g/mol. The summed E-state index contributed by atoms with van der Waals surface area (Å²) in [5.74, 6) is -20.6. The number of alkyl halides is 9. The highest BCUT2D eigenvalue weighted by molar-refractivity contribution is 5.73. The van der Waals surface area contributed by atoms with E-state index in [1.165, 1.54) is 0 Å². The maximum atomic E-state index is 14.1. The van der Waals surface area contributed by atoms with Crippen LogP contribution in [0.15, 0.2) is 0 Å². The van der Waals surface area contributed by atoms with Crippen molar-refractivity contribution < 1.29 is 49.0 Å². The summed E-state index contributed by atoms with van der Waals surface area (Å²) >= 11 is 0. The Morgan fingerprint density at radius 3 is 1.64 bits per heavy atom. The van der Waals surface area contributed by atoms with Crippen LogP contribution in [-0.2, 0) is 9.53 Å². The Kier molecular flexibility index (Phi) is 10.3. The molecule has 2 atom stereocenters. The van der Waals surface area contributed by atoms with Gasteiger partial charge in [0, 0.05) is 11.8 Å². The number of esters is 1. The second-order valence-electron chi connectivity index (χ2n) is 9.96. The molecule has 0 rings (SSSR count). The number of rotatable bonds is 13. The molecule has 33 heavy (non-hydrogen) atoms. The summed E-state index contributed by atoms with van der Waals surface area (Å²) < 4.78 is 124. The molecule has 1 unspecified atom stereocenters. The summed E-state index contributed by atoms with van der Waals surface area (Å²) in [5.41, 5.74) is -2.50. The lowest BCUT2D eigenvalue weighted by Gasteiger charge is -2.38. The molecule has 0 aliphatic carbocycles. The molecule has 0 heterocycles. The topological polar surface area (TPSA) is 26.3 Å². The van der Waals surface area contributed by atoms with Crippen molar-refractivity contribution in [3.8, 4) is 0 Å². The first kappa shape index (κ1) is 31.8. The first-order valence-electron chi connectivity index (χ1n) is 10.9. The minimum atomic E-state index is -6.94. The van der Waals surface area contributed by atoms with Crippen molar-refractivity contribution in [3.63, 3.8) is 0 Å². The van der Waals surface area contributed by atoms with Crippen molar-refractivity contribution >= 4 is 5.97 Å². The minimum Gasteiger partial charge on any atom is -0.465 e. The maximum Gasteiger partial charge on any atom is 0.460 e. The van der Waals surface area contributed by atoms with Gasteiger partial charge in [-0.2, -0.15) is 39.5 Å². The van der Waals surface area contributed by atoms with Crippen molar-refractivity contribution in [3.05, 3.63) is 0 Å². The van der Waals surface area contributed by atoms with Gasteiger partial charge in [0.2, 0.25) is 0 Å². The Morgan fingerprint density at radius 2 is 1.27 bits per heavy atom. The highest BCUT2D eigenvalue weighted by Gasteiger charge is 2.81. The van der Waals surface area contributed by atoms with Gasteiger partial charge in [-0.15, -0.1) is 0 Å². The molecule has 0 bridgehead atoms. The summed E-state index contributed by atoms with van der Waals surface area (Å²) in [4.78, 5) is 12.8. The van der Waals surface area contributed by atoms with Crippen LogP contribution in [0.1, 0.15) is 80.6 Å². The van der Waals surface area contributed by atoms with Crippen molar-refractivity contribution in [1.82, 2.24) is 0 Å². The van der Waals surface area contributed by atoms with E-state index in [1.54, 1.807) is 0 Å². The Labute approximate surface area is 189 Å². The molecule has 0 aromatic rings. The Morgan fingerprint density at radius 1 is 0.818 bits per heavy atom. The second kappa shape index (κ2) is 10.6. The lowest BCUT2D eigenvalue weighted by Crippen LogP contribution is -2.61. The van der Waals surface area contributed by atoms with E-state index in [1.807, 2.05) is 34.6 Å². The SMILES string of the molecule is CCC(C)C[C@H](C(=O)OCC(C)(C)CC(F)(F)C(F)(F)C(F)(F)C(F)(F)F)C(C)(CC)CC. The molecule has 0 N–H and O–H groups in total. The van der Waals surface area contributed by atoms with Crippen LogP contribution in [0, 0.1) is 22.7 Å². The third-order valence-corrected chi connectivity index (χ3v) is 6.59. The fraction of sp³-hybridized carbons (Fsp3) is 0.955. The van der Waals surface area contributed by atoms with E-state index in [4.69, 9.17) is 4.74 Å². The monoisotopic (exact) mass is 502 g/mol. The molecule has 11 heteroatoms. The van der Waals surface area contributed by atoms with E-state index < -0.39 is 59.7 Å². The van der Waals surface area contributed by atoms with Gasteiger partial charge in [0.15, 0.2) is 0 Å². The number of halogens is 9. The van der Waals surface area contributed by atoms with Crippen LogP contribution in [-0.4, -0.2) is 36.5 Å². The number of carbonyl (C=O) groups is 1. The van der Waals surface area contributed by atoms with Crippen LogP contribution in [0.4, 0.5) is 39.5 Å². The van der Waals surface area contributed by atoms with Gasteiger partial charge in [0.1, 0.15) is 0 Å². The number of hydrogen-bond donors (Lipinski definition) is 0. The lowest BCUT2D eigenvalue weighted by atomic mass is 9.69. The quantitative estimate of drug-likeness (QED) is 0.187. The summed E-state index contributed by atoms with van der Waals surface area (Å²) in [6.07, 6.45) is -6.54. The van der Waals surface area contributed by atoms with E-state index in [0.717, 1.165) is 20.3 Å². The molecule has 0 radical (unpaired) electrons. The van der Waals surface area contributed by atoms with E-state index in [2.05, 4.69) is 0 Å². The van der Waals surface area contributed by atoms with Gasteiger partial charge in [-0.1, -0.05) is 54.9 Å². The van der Waals surface area contributed by atoms with Crippen LogP contribution >= 0.6 is 0 Å². The molecule has 0 fully saturated rings. The largest absolute Gasteiger partial charge is 0.465 e. The van der Waals surface area contributed by atoms with Gasteiger partial charge in [-0.05, 0) is 30.6 Å². The molecule has 0 aromatic carbocycles. The van der Waals surface area contributed by atoms with Gasteiger partial charge in [0.25, 0.3) is 0 Å². The summed E-state index contributed by atoms with van der Waals surface area (Å²) in [6.45, 7) is 10.4. The number of ether oxygens (including phenoxy) is 1. The van der Waals surface area contributed by atoms with Crippen molar-refractivity contribution in [1.29, 1.82) is 0 Å². The van der Waals surface area contributed by atoms with Crippen LogP contribution in [0.3, 0.4) is 0 Å². The maximum absolute atomic E-state index is 14.1. The van der Waals surface area contributed by atoms with E-state index >= 15 is 0 Å². The number of carbonyl (C=O) groups excluding carboxylic acids is 1. The molecule has 0 aliphatic heterocycles. The normalized spacial score (nSPS) is 16.5. The summed E-state index contributed by atoms with van der Waals surface area (Å²) in [6, 6.07) is 0. The molecule has 2 nitrogen and oxygen atoms in total. The van der Waals surface area contributed by atoms with E-state index in [9.17, 15) is 44.3 Å². The Bertz CT molecular complexity index is 638. The van der Waals surface area contributed by atoms with Crippen LogP contribution < -0.4 is 0 Å². The standard InChI is InChI=1S/C22H35F9O2/c1-8-14(4)11-15(18(7,9-2)10-3)16(32)33-13-17(5,6)12-19(23,24)20(25,26)21(27,28)22(29,30)31/h14-15H,8-13H2,1-7H3/t14?,15-/m1/s1. The summed E-state index contributed by atoms with van der Waals surface area (Å²) in [5, 5.41) is 0. The van der Waals surface area contributed by atoms with Crippen LogP contribution in [0.5, 0.6) is 0 Å². The fourth-order valence-electron chi connectivity index (χ4n) is 3.51. The smallest absolute Gasteiger partial charge is 0.460 e. The molecule has 0 saturated heterocycles. The van der Waals surface area contributed by atoms with Gasteiger partial charge >= 0.3 is 29.9 Å². The zero-order valence-electron chi connectivity index (χ0n) is 20.1. The van der Waals surface area contributed by atoms with Gasteiger partial charge in [-0.25, -0.2) is 0 Å². The number of hydrogen-bond acceptors (Lipinski definition) is 2. The predicted molar refractivity (Wildman–Crippen MR) is 107 cm³/mol. The molecule has 0 spiro atoms. The average Bonchev–Trinajstić information content (AvgIpc) is 2.67. The van der Waals surface area contributed by atoms with Crippen molar-refractivity contribution in [2.45, 2.75) is 105 Å². The van der Waals surface area contributed by atoms with Crippen LogP contribution in [0.2, 0.25) is 0 Å². The van der Waals surface area contributed by atoms with E-state index in [0.29, 0.717) is 19.3 Å². The lowest BCUT2D eigenvalue weighted by molar-refractivity contribution is -0.399. The van der Waals surface area contributed by atoms with Gasteiger partial charge in [-0.3, -0.25) is 4.79 Å². The zero-order valence-corrected chi connectivity index (χ0v) is 20.1. The molecule has 198 valence electrons. The van der Waals surface area contributed by atoms with Crippen LogP contribution in [0.25, 0.3) is 0 Å². The molecule has 0 amide bonds. The second-order valence-corrected chi connectivity index (χ2v) is 9.96. The zero-order chi connectivity index (χ0) is 26.7. The molecule has 0 saturated carbocycles. The van der Waals surface area contributed by atoms with Crippen molar-refractivity contribution in [2.75, 3.05) is 6.61 Å². The van der Waals surface area contributed by atoms with Gasteiger partial charge < -0.3 is 4.74 Å². The molecular formula is C22H35F9O2. The highest BCUT2D eigenvalue weighted by atomic mass is 19.4. The molecular weight excluding hydrogens is 467 g/mol. The summed E-state index contributed by atoms with van der Waals surface area (Å²) in [7, 11) is 0. The van der Waals surface area contributed by atoms with E-state index in [-0.39, 0.29) is 5.92 Å². The Balaban J connectivity index is 5.64. The fourth-order valence-corrected chi connectivity index (χ4v) is 3.51. The van der Waals surface area contributed by atoms with Crippen molar-refractivity contribution in [2.24, 2.45) is 22.7 Å². The first-order chi connectivity index (χ1) is 14.5. The van der Waals surface area contributed by atoms with Gasteiger partial charge in [0.05, 0.1) is 12.5 Å². The Hall–Kier alpha value is -1.16. The predicted octanol–water partition coefficient (Wildman–Crippen LogP) is 8.29. The molecule has 0 aliphatic rings. The third-order valence-electron chi connectivity index (χ3n) is 6.59. The highest BCUT2D eigenvalue weighted by Crippen LogP contribution is 2.55.